The van der Waals surface area contributed by atoms with Crippen molar-refractivity contribution in [2.24, 2.45) is 5.73 Å². The van der Waals surface area contributed by atoms with Gasteiger partial charge in [0.05, 0.1) is 0 Å². The fraction of sp³-hybridized carbons (Fsp3) is 0.286. The Kier molecular flexibility index (Phi) is 6.86. The van der Waals surface area contributed by atoms with Gasteiger partial charge in [-0.15, -0.1) is 0 Å². The predicted molar refractivity (Wildman–Crippen MR) is 133 cm³/mol. The molecule has 3 aromatic carbocycles. The molecule has 1 aliphatic heterocycles. The molecule has 0 atom stereocenters. The van der Waals surface area contributed by atoms with Gasteiger partial charge < -0.3 is 25.4 Å². The standard InChI is InChI=1S/C28H28FN3O4/c29-21-6-3-5-18(14-21)27(33)31-24-7-2-1-4-20(24)16-32(23-11-9-22(30)10-12-23)28(34)19-8-13-25-26(15-19)36-17-35-25/h1-8,13-15,22-23H,9-12,16-17,30H2,(H,31,33). The van der Waals surface area contributed by atoms with Gasteiger partial charge in [-0.05, 0) is 73.7 Å². The number of hydrogen-bond acceptors (Lipinski definition) is 5. The van der Waals surface area contributed by atoms with Crippen molar-refractivity contribution in [2.45, 2.75) is 44.3 Å². The summed E-state index contributed by atoms with van der Waals surface area (Å²) in [4.78, 5) is 28.5. The first-order valence-corrected chi connectivity index (χ1v) is 12.1. The first-order chi connectivity index (χ1) is 17.5. The van der Waals surface area contributed by atoms with Crippen molar-refractivity contribution in [1.29, 1.82) is 0 Å². The molecule has 0 spiro atoms. The number of nitrogens with two attached hydrogens (primary N) is 1. The summed E-state index contributed by atoms with van der Waals surface area (Å²) in [5.41, 5.74) is 8.22. The van der Waals surface area contributed by atoms with Crippen molar-refractivity contribution in [3.05, 3.63) is 89.2 Å². The largest absolute Gasteiger partial charge is 0.454 e. The highest BCUT2D eigenvalue weighted by atomic mass is 19.1. The van der Waals surface area contributed by atoms with E-state index in [0.717, 1.165) is 31.2 Å². The topological polar surface area (TPSA) is 93.9 Å². The second kappa shape index (κ2) is 10.4. The van der Waals surface area contributed by atoms with Crippen LogP contribution in [0.15, 0.2) is 66.7 Å². The molecule has 0 bridgehead atoms. The summed E-state index contributed by atoms with van der Waals surface area (Å²) < 4.78 is 24.5. The fourth-order valence-electron chi connectivity index (χ4n) is 4.76. The number of anilines is 1. The van der Waals surface area contributed by atoms with Gasteiger partial charge in [0.1, 0.15) is 5.82 Å². The fourth-order valence-corrected chi connectivity index (χ4v) is 4.76. The van der Waals surface area contributed by atoms with Crippen LogP contribution in [0, 0.1) is 5.82 Å². The second-order valence-corrected chi connectivity index (χ2v) is 9.19. The number of ether oxygens (including phenoxy) is 2. The Hall–Kier alpha value is -3.91. The predicted octanol–water partition coefficient (Wildman–Crippen LogP) is 4.72. The zero-order valence-corrected chi connectivity index (χ0v) is 19.8. The summed E-state index contributed by atoms with van der Waals surface area (Å²) in [6.07, 6.45) is 3.28. The molecular weight excluding hydrogens is 461 g/mol. The number of fused-ring (bicyclic) bond motifs is 1. The average molecular weight is 490 g/mol. The maximum Gasteiger partial charge on any atom is 0.255 e. The highest BCUT2D eigenvalue weighted by Gasteiger charge is 2.30. The quantitative estimate of drug-likeness (QED) is 0.523. The molecule has 8 heteroatoms. The number of halogens is 1. The smallest absolute Gasteiger partial charge is 0.255 e. The van der Waals surface area contributed by atoms with E-state index in [-0.39, 0.29) is 30.3 Å². The Morgan fingerprint density at radius 3 is 2.50 bits per heavy atom. The first kappa shape index (κ1) is 23.8. The molecule has 0 unspecified atom stereocenters. The van der Waals surface area contributed by atoms with Crippen LogP contribution in [0.4, 0.5) is 10.1 Å². The lowest BCUT2D eigenvalue weighted by molar-refractivity contribution is 0.0606. The van der Waals surface area contributed by atoms with E-state index in [1.807, 2.05) is 23.1 Å². The SMILES string of the molecule is NC1CCC(N(Cc2ccccc2NC(=O)c2cccc(F)c2)C(=O)c2ccc3c(c2)OCO3)CC1. The van der Waals surface area contributed by atoms with Gasteiger partial charge in [0, 0.05) is 35.4 Å². The third-order valence-corrected chi connectivity index (χ3v) is 6.76. The first-order valence-electron chi connectivity index (χ1n) is 12.1. The number of nitrogens with zero attached hydrogens (tertiary/aromatic N) is 1. The Bertz CT molecular complexity index is 1270. The van der Waals surface area contributed by atoms with E-state index in [9.17, 15) is 14.0 Å². The van der Waals surface area contributed by atoms with Crippen LogP contribution in [-0.4, -0.2) is 35.6 Å². The molecule has 36 heavy (non-hydrogen) atoms. The Morgan fingerprint density at radius 1 is 0.917 bits per heavy atom. The van der Waals surface area contributed by atoms with Crippen molar-refractivity contribution in [1.82, 2.24) is 4.90 Å². The molecule has 0 radical (unpaired) electrons. The maximum atomic E-state index is 13.8. The van der Waals surface area contributed by atoms with Crippen molar-refractivity contribution in [2.75, 3.05) is 12.1 Å². The van der Waals surface area contributed by atoms with E-state index in [1.54, 1.807) is 30.3 Å². The molecule has 2 aliphatic rings. The molecule has 1 aliphatic carbocycles. The number of rotatable bonds is 6. The highest BCUT2D eigenvalue weighted by molar-refractivity contribution is 6.04. The van der Waals surface area contributed by atoms with Crippen LogP contribution in [0.25, 0.3) is 0 Å². The molecular formula is C28H28FN3O4. The summed E-state index contributed by atoms with van der Waals surface area (Å²) in [5, 5.41) is 2.88. The van der Waals surface area contributed by atoms with Crippen molar-refractivity contribution >= 4 is 17.5 Å². The zero-order valence-electron chi connectivity index (χ0n) is 19.8. The lowest BCUT2D eigenvalue weighted by Gasteiger charge is -2.36. The van der Waals surface area contributed by atoms with E-state index >= 15 is 0 Å². The summed E-state index contributed by atoms with van der Waals surface area (Å²) in [6.45, 7) is 0.433. The van der Waals surface area contributed by atoms with Gasteiger partial charge in [-0.25, -0.2) is 4.39 Å². The minimum atomic E-state index is -0.480. The van der Waals surface area contributed by atoms with E-state index in [2.05, 4.69) is 5.32 Å². The lowest BCUT2D eigenvalue weighted by Crippen LogP contribution is -2.44. The van der Waals surface area contributed by atoms with Gasteiger partial charge in [0.2, 0.25) is 6.79 Å². The van der Waals surface area contributed by atoms with Gasteiger partial charge in [0.25, 0.3) is 11.8 Å². The monoisotopic (exact) mass is 489 g/mol. The van der Waals surface area contributed by atoms with Crippen molar-refractivity contribution in [3.8, 4) is 11.5 Å². The number of carbonyl (C=O) groups excluding carboxylic acids is 2. The van der Waals surface area contributed by atoms with Crippen LogP contribution in [0.1, 0.15) is 52.0 Å². The molecule has 2 amide bonds. The minimum absolute atomic E-state index is 0.00898. The Balaban J connectivity index is 1.42. The van der Waals surface area contributed by atoms with Crippen LogP contribution < -0.4 is 20.5 Å². The van der Waals surface area contributed by atoms with Gasteiger partial charge in [-0.2, -0.15) is 0 Å². The number of benzene rings is 3. The zero-order chi connectivity index (χ0) is 25.1. The van der Waals surface area contributed by atoms with Crippen LogP contribution in [0.3, 0.4) is 0 Å². The Labute approximate surface area is 209 Å². The van der Waals surface area contributed by atoms with Crippen molar-refractivity contribution in [3.63, 3.8) is 0 Å². The van der Waals surface area contributed by atoms with Crippen molar-refractivity contribution < 1.29 is 23.5 Å². The molecule has 3 aromatic rings. The highest BCUT2D eigenvalue weighted by Crippen LogP contribution is 2.34. The molecule has 5 rings (SSSR count). The van der Waals surface area contributed by atoms with Gasteiger partial charge in [-0.3, -0.25) is 9.59 Å². The van der Waals surface area contributed by atoms with E-state index in [1.165, 1.54) is 18.2 Å². The number of amides is 2. The summed E-state index contributed by atoms with van der Waals surface area (Å²) in [7, 11) is 0. The molecule has 0 aromatic heterocycles. The third-order valence-electron chi connectivity index (χ3n) is 6.76. The average Bonchev–Trinajstić information content (AvgIpc) is 3.36. The van der Waals surface area contributed by atoms with Gasteiger partial charge in [-0.1, -0.05) is 24.3 Å². The molecule has 1 fully saturated rings. The normalized spacial score (nSPS) is 18.5. The second-order valence-electron chi connectivity index (χ2n) is 9.19. The van der Waals surface area contributed by atoms with Gasteiger partial charge in [0.15, 0.2) is 11.5 Å². The molecule has 0 saturated heterocycles. The molecule has 1 heterocycles. The molecule has 7 nitrogen and oxygen atoms in total. The van der Waals surface area contributed by atoms with Crippen LogP contribution in [0.2, 0.25) is 0 Å². The lowest BCUT2D eigenvalue weighted by atomic mass is 9.90. The number of nitrogens with one attached hydrogen (secondary N) is 1. The molecule has 186 valence electrons. The Morgan fingerprint density at radius 2 is 1.69 bits per heavy atom. The number of para-hydroxylation sites is 1. The van der Waals surface area contributed by atoms with Crippen LogP contribution in [0.5, 0.6) is 11.5 Å². The minimum Gasteiger partial charge on any atom is -0.454 e. The van der Waals surface area contributed by atoms with E-state index in [4.69, 9.17) is 15.2 Å². The maximum absolute atomic E-state index is 13.8. The molecule has 3 N–H and O–H groups in total. The number of carbonyl (C=O) groups is 2. The number of hydrogen-bond donors (Lipinski definition) is 2. The van der Waals surface area contributed by atoms with E-state index < -0.39 is 11.7 Å². The third kappa shape index (κ3) is 5.18. The summed E-state index contributed by atoms with van der Waals surface area (Å²) >= 11 is 0. The molecule has 1 saturated carbocycles. The van der Waals surface area contributed by atoms with Crippen LogP contribution in [-0.2, 0) is 6.54 Å². The summed E-state index contributed by atoms with van der Waals surface area (Å²) in [5.74, 6) is 0.146. The summed E-state index contributed by atoms with van der Waals surface area (Å²) in [6, 6.07) is 18.2. The van der Waals surface area contributed by atoms with E-state index in [0.29, 0.717) is 29.3 Å². The van der Waals surface area contributed by atoms with Crippen LogP contribution >= 0.6 is 0 Å². The van der Waals surface area contributed by atoms with Gasteiger partial charge >= 0.3 is 0 Å².